The summed E-state index contributed by atoms with van der Waals surface area (Å²) < 4.78 is 0. The molecule has 108 valence electrons. The number of nitrogens with zero attached hydrogens (tertiary/aromatic N) is 5. The first-order valence-corrected chi connectivity index (χ1v) is 6.32. The summed E-state index contributed by atoms with van der Waals surface area (Å²) in [6.07, 6.45) is 0. The van der Waals surface area contributed by atoms with Crippen molar-refractivity contribution in [3.05, 3.63) is 50.4 Å². The Morgan fingerprint density at radius 3 is 2.43 bits per heavy atom. The summed E-state index contributed by atoms with van der Waals surface area (Å²) in [4.78, 5) is 17.8. The second-order valence-corrected chi connectivity index (χ2v) is 4.53. The quantitative estimate of drug-likeness (QED) is 0.523. The highest BCUT2D eigenvalue weighted by molar-refractivity contribution is 6.40. The lowest BCUT2D eigenvalue weighted by Crippen LogP contribution is -2.01. The van der Waals surface area contributed by atoms with Crippen LogP contribution >= 0.6 is 23.2 Å². The number of benzene rings is 1. The van der Waals surface area contributed by atoms with Crippen molar-refractivity contribution in [3.8, 4) is 0 Å². The monoisotopic (exact) mass is 326 g/mol. The number of hydrogen-bond acceptors (Lipinski definition) is 7. The van der Waals surface area contributed by atoms with Gasteiger partial charge in [-0.2, -0.15) is 10.2 Å². The van der Waals surface area contributed by atoms with Crippen LogP contribution in [0, 0.1) is 10.1 Å². The van der Waals surface area contributed by atoms with Crippen molar-refractivity contribution in [3.63, 3.8) is 0 Å². The molecule has 0 atom stereocenters. The van der Waals surface area contributed by atoms with E-state index in [1.165, 1.54) is 24.3 Å². The number of nitrogen functional groups attached to an aromatic ring is 1. The molecule has 0 spiro atoms. The lowest BCUT2D eigenvalue weighted by Gasteiger charge is -2.02. The Labute approximate surface area is 128 Å². The van der Waals surface area contributed by atoms with Crippen molar-refractivity contribution in [2.24, 2.45) is 10.2 Å². The molecule has 0 unspecified atom stereocenters. The van der Waals surface area contributed by atoms with E-state index in [9.17, 15) is 10.1 Å². The minimum Gasteiger partial charge on any atom is -0.382 e. The summed E-state index contributed by atoms with van der Waals surface area (Å²) in [6, 6.07) is 5.63. The van der Waals surface area contributed by atoms with E-state index in [4.69, 9.17) is 28.9 Å². The second-order valence-electron chi connectivity index (χ2n) is 3.81. The van der Waals surface area contributed by atoms with E-state index in [0.29, 0.717) is 11.4 Å². The summed E-state index contributed by atoms with van der Waals surface area (Å²) in [5.41, 5.74) is 6.42. The van der Waals surface area contributed by atoms with E-state index in [0.717, 1.165) is 0 Å². The molecule has 1 aromatic heterocycles. The van der Waals surface area contributed by atoms with Crippen molar-refractivity contribution in [1.29, 1.82) is 0 Å². The maximum atomic E-state index is 10.5. The predicted octanol–water partition coefficient (Wildman–Crippen LogP) is 3.56. The number of rotatable bonds is 4. The van der Waals surface area contributed by atoms with Gasteiger partial charge in [-0.05, 0) is 12.1 Å². The number of nitrogens with two attached hydrogens (primary N) is 1. The molecular weight excluding hydrogens is 319 g/mol. The van der Waals surface area contributed by atoms with Crippen LogP contribution in [0.25, 0.3) is 0 Å². The molecule has 1 aromatic carbocycles. The summed E-state index contributed by atoms with van der Waals surface area (Å²) in [6.45, 7) is 0.0622. The molecule has 2 aromatic rings. The highest BCUT2D eigenvalue weighted by atomic mass is 35.5. The number of hydrogen-bond donors (Lipinski definition) is 1. The van der Waals surface area contributed by atoms with Gasteiger partial charge in [-0.15, -0.1) is 0 Å². The molecule has 1 heterocycles. The van der Waals surface area contributed by atoms with Crippen molar-refractivity contribution in [2.45, 2.75) is 6.54 Å². The number of nitro groups is 1. The second kappa shape index (κ2) is 6.42. The fourth-order valence-corrected chi connectivity index (χ4v) is 1.66. The molecule has 0 saturated heterocycles. The van der Waals surface area contributed by atoms with E-state index < -0.39 is 4.92 Å². The zero-order valence-electron chi connectivity index (χ0n) is 10.4. The molecule has 0 radical (unpaired) electrons. The molecule has 0 aliphatic carbocycles. The van der Waals surface area contributed by atoms with Gasteiger partial charge in [0.1, 0.15) is 18.1 Å². The Morgan fingerprint density at radius 1 is 1.19 bits per heavy atom. The van der Waals surface area contributed by atoms with E-state index in [1.54, 1.807) is 0 Å². The number of halogens is 2. The molecule has 21 heavy (non-hydrogen) atoms. The van der Waals surface area contributed by atoms with Gasteiger partial charge in [0.15, 0.2) is 10.3 Å². The summed E-state index contributed by atoms with van der Waals surface area (Å²) in [5.74, 6) is 0.118. The Balaban J connectivity index is 2.09. The average Bonchev–Trinajstić information content (AvgIpc) is 2.45. The van der Waals surface area contributed by atoms with E-state index in [2.05, 4.69) is 20.2 Å². The molecule has 0 fully saturated rings. The molecule has 0 aliphatic rings. The highest BCUT2D eigenvalue weighted by Gasteiger charge is 2.08. The highest BCUT2D eigenvalue weighted by Crippen LogP contribution is 2.22. The molecule has 2 rings (SSSR count). The third kappa shape index (κ3) is 3.83. The Bertz CT molecular complexity index is 705. The number of aromatic nitrogens is 2. The minimum absolute atomic E-state index is 0.0187. The van der Waals surface area contributed by atoms with Gasteiger partial charge in [-0.25, -0.2) is 9.97 Å². The zero-order valence-corrected chi connectivity index (χ0v) is 11.9. The lowest BCUT2D eigenvalue weighted by atomic mass is 10.3. The van der Waals surface area contributed by atoms with Crippen LogP contribution in [0.5, 0.6) is 0 Å². The number of anilines is 1. The first-order chi connectivity index (χ1) is 9.97. The first-order valence-electron chi connectivity index (χ1n) is 5.56. The van der Waals surface area contributed by atoms with Gasteiger partial charge in [-0.1, -0.05) is 23.2 Å². The van der Waals surface area contributed by atoms with Crippen LogP contribution < -0.4 is 5.73 Å². The molecule has 2 N–H and O–H groups in total. The summed E-state index contributed by atoms with van der Waals surface area (Å²) in [5, 5.41) is 18.3. The molecule has 0 amide bonds. The predicted molar refractivity (Wildman–Crippen MR) is 77.8 cm³/mol. The number of non-ortho nitro benzene ring substituents is 1. The fourth-order valence-electron chi connectivity index (χ4n) is 1.38. The summed E-state index contributed by atoms with van der Waals surface area (Å²) in [7, 11) is 0. The van der Waals surface area contributed by atoms with Gasteiger partial charge in [0.2, 0.25) is 0 Å². The van der Waals surface area contributed by atoms with Gasteiger partial charge >= 0.3 is 0 Å². The average molecular weight is 327 g/mol. The molecule has 0 saturated carbocycles. The lowest BCUT2D eigenvalue weighted by molar-refractivity contribution is -0.384. The van der Waals surface area contributed by atoms with Crippen LogP contribution in [-0.2, 0) is 6.54 Å². The smallest absolute Gasteiger partial charge is 0.269 e. The molecule has 8 nitrogen and oxygen atoms in total. The van der Waals surface area contributed by atoms with Crippen molar-refractivity contribution in [1.82, 2.24) is 9.97 Å². The Kier molecular flexibility index (Phi) is 4.61. The van der Waals surface area contributed by atoms with Crippen LogP contribution in [0.1, 0.15) is 5.69 Å². The molecule has 0 aliphatic heterocycles. The van der Waals surface area contributed by atoms with Crippen molar-refractivity contribution < 1.29 is 4.92 Å². The van der Waals surface area contributed by atoms with Gasteiger partial charge in [0.05, 0.1) is 10.6 Å². The Morgan fingerprint density at radius 2 is 1.81 bits per heavy atom. The SMILES string of the molecule is Nc1nc(Cl)c(Cl)nc1CN=Nc1ccc([N+](=O)[O-])cc1. The minimum atomic E-state index is -0.493. The fraction of sp³-hybridized carbons (Fsp3) is 0.0909. The normalized spacial score (nSPS) is 11.0. The third-order valence-corrected chi connectivity index (χ3v) is 3.01. The van der Waals surface area contributed by atoms with E-state index in [-0.39, 0.29) is 28.4 Å². The topological polar surface area (TPSA) is 120 Å². The number of nitro benzene ring substituents is 1. The molecule has 10 heteroatoms. The van der Waals surface area contributed by atoms with Gasteiger partial charge in [-0.3, -0.25) is 10.1 Å². The van der Waals surface area contributed by atoms with Crippen LogP contribution in [0.4, 0.5) is 17.2 Å². The molecular formula is C11H8Cl2N6O2. The Hall–Kier alpha value is -2.32. The van der Waals surface area contributed by atoms with E-state index >= 15 is 0 Å². The van der Waals surface area contributed by atoms with Crippen LogP contribution in [0.15, 0.2) is 34.5 Å². The first kappa shape index (κ1) is 15.1. The zero-order chi connectivity index (χ0) is 15.4. The van der Waals surface area contributed by atoms with Crippen molar-refractivity contribution in [2.75, 3.05) is 5.73 Å². The summed E-state index contributed by atoms with van der Waals surface area (Å²) >= 11 is 11.4. The maximum absolute atomic E-state index is 10.5. The standard InChI is InChI=1S/C11H8Cl2N6O2/c12-9-10(13)17-11(14)8(16-9)5-15-18-6-1-3-7(4-2-6)19(20)21/h1-4H,5H2,(H2,14,17). The van der Waals surface area contributed by atoms with Gasteiger partial charge in [0, 0.05) is 12.1 Å². The van der Waals surface area contributed by atoms with Crippen LogP contribution in [0.2, 0.25) is 10.3 Å². The van der Waals surface area contributed by atoms with Gasteiger partial charge in [0.25, 0.3) is 5.69 Å². The maximum Gasteiger partial charge on any atom is 0.269 e. The third-order valence-electron chi connectivity index (χ3n) is 2.38. The van der Waals surface area contributed by atoms with Gasteiger partial charge < -0.3 is 5.73 Å². The van der Waals surface area contributed by atoms with Crippen molar-refractivity contribution >= 4 is 40.4 Å². The van der Waals surface area contributed by atoms with E-state index in [1.807, 2.05) is 0 Å². The number of azo groups is 1. The largest absolute Gasteiger partial charge is 0.382 e. The molecule has 0 bridgehead atoms. The van der Waals surface area contributed by atoms with Crippen LogP contribution in [-0.4, -0.2) is 14.9 Å². The van der Waals surface area contributed by atoms with Crippen LogP contribution in [0.3, 0.4) is 0 Å².